The lowest BCUT2D eigenvalue weighted by atomic mass is 10.0. The highest BCUT2D eigenvalue weighted by Gasteiger charge is 2.31. The quantitative estimate of drug-likeness (QED) is 0.260. The van der Waals surface area contributed by atoms with E-state index in [4.69, 9.17) is 14.2 Å². The molecular weight excluding hydrogens is 667 g/mol. The molecule has 4 atom stereocenters. The first-order valence-corrected chi connectivity index (χ1v) is 18.1. The van der Waals surface area contributed by atoms with Crippen molar-refractivity contribution in [3.8, 4) is 11.5 Å². The Kier molecular flexibility index (Phi) is 13.4. The first-order chi connectivity index (χ1) is 23.8. The van der Waals surface area contributed by atoms with Gasteiger partial charge in [0.15, 0.2) is 0 Å². The molecule has 0 spiro atoms. The van der Waals surface area contributed by atoms with Gasteiger partial charge in [0.05, 0.1) is 42.4 Å². The minimum absolute atomic E-state index is 0.0151. The number of fused-ring (bicyclic) bond motifs is 1. The van der Waals surface area contributed by atoms with E-state index in [1.807, 2.05) is 13.8 Å². The first-order valence-electron chi connectivity index (χ1n) is 16.6. The second kappa shape index (κ2) is 17.5. The van der Waals surface area contributed by atoms with Crippen molar-refractivity contribution in [1.29, 1.82) is 0 Å². The Hall–Kier alpha value is -4.40. The van der Waals surface area contributed by atoms with Crippen molar-refractivity contribution >= 4 is 33.3 Å². The fourth-order valence-electron chi connectivity index (χ4n) is 5.52. The highest BCUT2D eigenvalue weighted by atomic mass is 32.2. The second-order valence-corrected chi connectivity index (χ2v) is 14.3. The van der Waals surface area contributed by atoms with E-state index in [9.17, 15) is 27.5 Å². The third-order valence-electron chi connectivity index (χ3n) is 8.57. The first kappa shape index (κ1) is 38.4. The fraction of sp³-hybridized carbons (Fsp3) is 0.444. The molecule has 3 N–H and O–H groups in total. The van der Waals surface area contributed by atoms with Crippen molar-refractivity contribution in [1.82, 2.24) is 9.80 Å². The van der Waals surface area contributed by atoms with Crippen LogP contribution in [0.15, 0.2) is 71.6 Å². The molecule has 3 aromatic carbocycles. The van der Waals surface area contributed by atoms with E-state index in [0.717, 1.165) is 12.8 Å². The van der Waals surface area contributed by atoms with E-state index in [1.165, 1.54) is 59.4 Å². The summed E-state index contributed by atoms with van der Waals surface area (Å²) >= 11 is 0. The number of methoxy groups -OCH3 is 1. The van der Waals surface area contributed by atoms with Crippen molar-refractivity contribution in [2.24, 2.45) is 5.92 Å². The molecule has 272 valence electrons. The van der Waals surface area contributed by atoms with Gasteiger partial charge in [-0.15, -0.1) is 0 Å². The summed E-state index contributed by atoms with van der Waals surface area (Å²) in [7, 11) is -0.900. The van der Waals surface area contributed by atoms with E-state index in [0.29, 0.717) is 30.2 Å². The van der Waals surface area contributed by atoms with Crippen LogP contribution in [0.3, 0.4) is 0 Å². The number of aliphatic hydroxyl groups excluding tert-OH is 1. The number of benzene rings is 3. The van der Waals surface area contributed by atoms with Crippen LogP contribution in [0.2, 0.25) is 0 Å². The highest BCUT2D eigenvalue weighted by Crippen LogP contribution is 2.30. The van der Waals surface area contributed by atoms with Crippen LogP contribution in [0.25, 0.3) is 0 Å². The van der Waals surface area contributed by atoms with Crippen molar-refractivity contribution in [3.05, 3.63) is 78.1 Å². The zero-order valence-corrected chi connectivity index (χ0v) is 29.9. The van der Waals surface area contributed by atoms with Gasteiger partial charge in [0.25, 0.3) is 15.9 Å². The van der Waals surface area contributed by atoms with Crippen molar-refractivity contribution in [2.45, 2.75) is 63.2 Å². The van der Waals surface area contributed by atoms with Gasteiger partial charge in [-0.05, 0) is 99.8 Å². The van der Waals surface area contributed by atoms with Gasteiger partial charge in [-0.3, -0.25) is 9.52 Å². The number of rotatable bonds is 9. The maximum Gasteiger partial charge on any atom is 0.321 e. The van der Waals surface area contributed by atoms with Gasteiger partial charge in [-0.25, -0.2) is 17.6 Å². The molecule has 3 aromatic rings. The van der Waals surface area contributed by atoms with E-state index >= 15 is 0 Å². The molecule has 50 heavy (non-hydrogen) atoms. The predicted octanol–water partition coefficient (Wildman–Crippen LogP) is 5.59. The molecule has 0 radical (unpaired) electrons. The molecule has 3 amide bonds. The van der Waals surface area contributed by atoms with Gasteiger partial charge in [-0.2, -0.15) is 0 Å². The number of nitrogens with zero attached hydrogens (tertiary/aromatic N) is 2. The molecule has 0 saturated carbocycles. The lowest BCUT2D eigenvalue weighted by Crippen LogP contribution is -2.48. The minimum Gasteiger partial charge on any atom is -0.497 e. The Morgan fingerprint density at radius 2 is 1.76 bits per heavy atom. The van der Waals surface area contributed by atoms with E-state index in [-0.39, 0.29) is 47.9 Å². The normalized spacial score (nSPS) is 19.7. The van der Waals surface area contributed by atoms with Crippen LogP contribution in [0.1, 0.15) is 50.4 Å². The van der Waals surface area contributed by atoms with E-state index in [2.05, 4.69) is 10.0 Å². The van der Waals surface area contributed by atoms with Crippen LogP contribution >= 0.6 is 0 Å². The predicted molar refractivity (Wildman–Crippen MR) is 189 cm³/mol. The second-order valence-electron chi connectivity index (χ2n) is 12.6. The van der Waals surface area contributed by atoms with Crippen LogP contribution in [-0.2, 0) is 14.8 Å². The Bertz CT molecular complexity index is 1690. The average Bonchev–Trinajstić information content (AvgIpc) is 3.10. The van der Waals surface area contributed by atoms with Gasteiger partial charge in [-0.1, -0.05) is 6.92 Å². The lowest BCUT2D eigenvalue weighted by Gasteiger charge is -2.35. The summed E-state index contributed by atoms with van der Waals surface area (Å²) in [6.45, 7) is 5.95. The SMILES string of the molecule is COc1ccc(S(=O)(=O)Nc2ccc3c(c2)C(=O)N([C@@H](C)CO)C[C@H](C)[C@@H](CN(C)C(=O)Nc2ccc(F)cc2)OCCCC[C@@H](C)O3)cc1. The van der Waals surface area contributed by atoms with Crippen molar-refractivity contribution in [2.75, 3.05) is 50.5 Å². The molecule has 0 aromatic heterocycles. The number of urea groups is 1. The minimum atomic E-state index is -4.01. The monoisotopic (exact) mass is 714 g/mol. The maximum absolute atomic E-state index is 14.4. The van der Waals surface area contributed by atoms with Gasteiger partial charge in [0.2, 0.25) is 0 Å². The van der Waals surface area contributed by atoms with Crippen LogP contribution in [0.5, 0.6) is 11.5 Å². The molecule has 1 aliphatic heterocycles. The van der Waals surface area contributed by atoms with Gasteiger partial charge in [0, 0.05) is 44.0 Å². The number of sulfonamides is 1. The van der Waals surface area contributed by atoms with Crippen molar-refractivity contribution < 1.29 is 41.7 Å². The number of aliphatic hydroxyl groups is 1. The van der Waals surface area contributed by atoms with Crippen LogP contribution in [-0.4, -0.2) is 94.0 Å². The molecule has 4 rings (SSSR count). The van der Waals surface area contributed by atoms with Crippen LogP contribution in [0, 0.1) is 11.7 Å². The maximum atomic E-state index is 14.4. The summed E-state index contributed by atoms with van der Waals surface area (Å²) in [5.41, 5.74) is 0.729. The van der Waals surface area contributed by atoms with Gasteiger partial charge in [0.1, 0.15) is 17.3 Å². The molecule has 0 fully saturated rings. The zero-order chi connectivity index (χ0) is 36.4. The summed E-state index contributed by atoms with van der Waals surface area (Å²) in [5.74, 6) is -0.391. The van der Waals surface area contributed by atoms with Gasteiger partial charge < -0.3 is 34.4 Å². The number of carbonyl (C=O) groups is 2. The number of amides is 3. The molecule has 0 saturated heterocycles. The summed E-state index contributed by atoms with van der Waals surface area (Å²) in [6.07, 6.45) is 1.42. The van der Waals surface area contributed by atoms with E-state index in [1.54, 1.807) is 38.2 Å². The van der Waals surface area contributed by atoms with E-state index < -0.39 is 39.9 Å². The summed E-state index contributed by atoms with van der Waals surface area (Å²) < 4.78 is 60.1. The number of carbonyl (C=O) groups excluding carboxylic acids is 2. The Balaban J connectivity index is 1.62. The molecular formula is C36H47FN4O8S. The van der Waals surface area contributed by atoms with Crippen molar-refractivity contribution in [3.63, 3.8) is 0 Å². The molecule has 1 heterocycles. The number of anilines is 2. The number of hydrogen-bond donors (Lipinski definition) is 3. The number of ether oxygens (including phenoxy) is 3. The zero-order valence-electron chi connectivity index (χ0n) is 29.1. The molecule has 1 aliphatic rings. The topological polar surface area (TPSA) is 147 Å². The number of nitrogens with one attached hydrogen (secondary N) is 2. The largest absolute Gasteiger partial charge is 0.497 e. The van der Waals surface area contributed by atoms with Crippen LogP contribution < -0.4 is 19.5 Å². The number of likely N-dealkylation sites (N-methyl/N-ethyl adjacent to an activating group) is 1. The summed E-state index contributed by atoms with van der Waals surface area (Å²) in [6, 6.07) is 14.9. The summed E-state index contributed by atoms with van der Waals surface area (Å²) in [5, 5.41) is 13.0. The van der Waals surface area contributed by atoms with Crippen LogP contribution in [0.4, 0.5) is 20.6 Å². The fourth-order valence-corrected chi connectivity index (χ4v) is 6.57. The lowest BCUT2D eigenvalue weighted by molar-refractivity contribution is -0.0115. The summed E-state index contributed by atoms with van der Waals surface area (Å²) in [4.78, 5) is 30.4. The third kappa shape index (κ3) is 10.3. The average molecular weight is 715 g/mol. The highest BCUT2D eigenvalue weighted by molar-refractivity contribution is 7.92. The Morgan fingerprint density at radius 1 is 1.08 bits per heavy atom. The van der Waals surface area contributed by atoms with Gasteiger partial charge >= 0.3 is 6.03 Å². The molecule has 0 bridgehead atoms. The number of halogens is 1. The Labute approximate surface area is 293 Å². The number of hydrogen-bond acceptors (Lipinski definition) is 8. The molecule has 0 aliphatic carbocycles. The Morgan fingerprint density at radius 3 is 2.42 bits per heavy atom. The smallest absolute Gasteiger partial charge is 0.321 e. The molecule has 14 heteroatoms. The third-order valence-corrected chi connectivity index (χ3v) is 9.97. The molecule has 12 nitrogen and oxygen atoms in total. The molecule has 0 unspecified atom stereocenters. The standard InChI is InChI=1S/C36H47FN4O8S/c1-24-21-41(25(2)23-42)35(43)32-20-29(39-50(45,46)31-16-14-30(47-5)15-17-31)13-18-33(32)49-26(3)8-6-7-19-48-34(24)22-40(4)36(44)38-28-11-9-27(37)10-12-28/h9-18,20,24-26,34,39,42H,6-8,19,21-23H2,1-5H3,(H,38,44)/t24-,25-,26+,34+/m0/s1.